The summed E-state index contributed by atoms with van der Waals surface area (Å²) in [6.07, 6.45) is 0. The Bertz CT molecular complexity index is 721. The van der Waals surface area contributed by atoms with Crippen molar-refractivity contribution in [1.29, 1.82) is 0 Å². The number of benzene rings is 2. The molecule has 0 fully saturated rings. The van der Waals surface area contributed by atoms with Crippen molar-refractivity contribution in [3.8, 4) is 0 Å². The molecule has 0 bridgehead atoms. The van der Waals surface area contributed by atoms with Gasteiger partial charge in [-0.15, -0.1) is 59.3 Å². The van der Waals surface area contributed by atoms with E-state index in [2.05, 4.69) is 91.5 Å². The van der Waals surface area contributed by atoms with Crippen molar-refractivity contribution in [3.63, 3.8) is 0 Å². The van der Waals surface area contributed by atoms with Crippen molar-refractivity contribution < 1.29 is 47.8 Å². The van der Waals surface area contributed by atoms with Gasteiger partial charge in [0.05, 0.1) is 0 Å². The van der Waals surface area contributed by atoms with Gasteiger partial charge in [0.25, 0.3) is 0 Å². The molecule has 0 aliphatic rings. The topological polar surface area (TPSA) is 0 Å². The Balaban J connectivity index is 0.000000341. The van der Waals surface area contributed by atoms with Gasteiger partial charge in [-0.1, -0.05) is 12.1 Å². The Kier molecular flexibility index (Phi) is 12.7. The molecule has 0 heterocycles. The van der Waals surface area contributed by atoms with Crippen molar-refractivity contribution in [2.24, 2.45) is 0 Å². The fraction of sp³-hybridized carbons (Fsp3) is 0.0526. The van der Waals surface area contributed by atoms with Crippen molar-refractivity contribution >= 4 is 37.4 Å². The van der Waals surface area contributed by atoms with Gasteiger partial charge in [-0.25, -0.2) is 0 Å². The van der Waals surface area contributed by atoms with Gasteiger partial charge < -0.3 is 24.8 Å². The van der Waals surface area contributed by atoms with Gasteiger partial charge in [0, 0.05) is 0 Å². The van der Waals surface area contributed by atoms with Crippen LogP contribution >= 0.6 is 11.1 Å². The quantitative estimate of drug-likeness (QED) is 0.162. The van der Waals surface area contributed by atoms with Gasteiger partial charge in [-0.2, -0.15) is 35.0 Å². The van der Waals surface area contributed by atoms with E-state index in [-0.39, 0.29) is 29.6 Å². The first-order valence-corrected chi connectivity index (χ1v) is 15.5. The van der Waals surface area contributed by atoms with E-state index in [0.717, 1.165) is 0 Å². The Morgan fingerprint density at radius 2 is 1.08 bits per heavy atom. The Morgan fingerprint density at radius 3 is 1.42 bits per heavy atom. The smallest absolute Gasteiger partial charge is 0.0809 e. The van der Waals surface area contributed by atoms with Crippen molar-refractivity contribution in [3.05, 3.63) is 84.9 Å². The summed E-state index contributed by atoms with van der Waals surface area (Å²) in [7, 11) is 0. The number of hydrogen-bond donors (Lipinski definition) is 0. The van der Waals surface area contributed by atoms with Crippen molar-refractivity contribution in [2.45, 2.75) is 6.55 Å². The summed E-state index contributed by atoms with van der Waals surface area (Å²) in [5.41, 5.74) is 0. The van der Waals surface area contributed by atoms with E-state index >= 15 is 0 Å². The average molecular weight is 558 g/mol. The zero-order valence-electron chi connectivity index (χ0n) is 13.2. The third-order valence-corrected chi connectivity index (χ3v) is 3.10. The third kappa shape index (κ3) is 8.13. The van der Waals surface area contributed by atoms with Gasteiger partial charge in [-0.05, 0) is 0 Å². The normalized spacial score (nSPS) is 8.83. The van der Waals surface area contributed by atoms with Gasteiger partial charge >= 0.3 is 45.4 Å². The minimum atomic E-state index is -0.269. The van der Waals surface area contributed by atoms with Crippen LogP contribution < -0.4 is 24.8 Å². The van der Waals surface area contributed by atoms with Crippen LogP contribution in [0.2, 0.25) is 6.55 Å². The standard InChI is InChI=1S/2C9H7.CH3ClSi.2ClH.Hf/c2*1-2-5-9-7-3-6-8(9)4-1;1-3-2;;;/h2*1-7H;1H3;2*1H;/q2*-1;;;;+2/p-2. The molecule has 5 heteroatoms. The second kappa shape index (κ2) is 12.9. The molecule has 24 heavy (non-hydrogen) atoms. The van der Waals surface area contributed by atoms with Gasteiger partial charge in [0.2, 0.25) is 0 Å². The molecule has 4 aromatic rings. The van der Waals surface area contributed by atoms with Crippen LogP contribution in [0.4, 0.5) is 0 Å². The molecule has 0 spiro atoms. The Hall–Kier alpha value is -0.383. The second-order valence-electron chi connectivity index (χ2n) is 4.84. The zero-order chi connectivity index (χ0) is 15.8. The molecule has 4 rings (SSSR count). The maximum Gasteiger partial charge on any atom is -0.0809 e. The van der Waals surface area contributed by atoms with Crippen LogP contribution in [0.5, 0.6) is 0 Å². The Morgan fingerprint density at radius 1 is 0.750 bits per heavy atom. The predicted octanol–water partition coefficient (Wildman–Crippen LogP) is 0.0154. The fourth-order valence-electron chi connectivity index (χ4n) is 2.14. The molecule has 0 radical (unpaired) electrons. The molecule has 4 aromatic carbocycles. The SMILES string of the molecule is C[Si](Cl)=[Hf+2].[Cl-].[Cl-].c1ccc2[cH-]ccc2c1.c1ccc2[cH-]ccc2c1. The van der Waals surface area contributed by atoms with E-state index < -0.39 is 0 Å². The molecule has 0 amide bonds. The molecule has 0 atom stereocenters. The predicted molar refractivity (Wildman–Crippen MR) is 96.6 cm³/mol. The molecular formula is C19H17Cl3HfSi-2. The van der Waals surface area contributed by atoms with Crippen LogP contribution in [0.15, 0.2) is 84.9 Å². The summed E-state index contributed by atoms with van der Waals surface area (Å²) >= 11 is 6.65. The van der Waals surface area contributed by atoms with Gasteiger partial charge in [0.1, 0.15) is 0 Å². The van der Waals surface area contributed by atoms with Crippen LogP contribution in [-0.2, 0) is 23.0 Å². The first kappa shape index (κ1) is 23.6. The molecule has 0 unspecified atom stereocenters. The van der Waals surface area contributed by atoms with Crippen molar-refractivity contribution in [2.75, 3.05) is 0 Å². The van der Waals surface area contributed by atoms with Crippen molar-refractivity contribution in [1.82, 2.24) is 0 Å². The molecule has 0 saturated carbocycles. The zero-order valence-corrected chi connectivity index (χ0v) is 20.1. The van der Waals surface area contributed by atoms with Crippen LogP contribution in [-0.4, -0.2) is 4.80 Å². The molecule has 124 valence electrons. The number of fused-ring (bicyclic) bond motifs is 2. The molecule has 0 aliphatic heterocycles. The molecule has 0 saturated heterocycles. The third-order valence-electron chi connectivity index (χ3n) is 3.10. The van der Waals surface area contributed by atoms with E-state index in [1.807, 2.05) is 0 Å². The monoisotopic (exact) mass is 558 g/mol. The molecular weight excluding hydrogens is 541 g/mol. The summed E-state index contributed by atoms with van der Waals surface area (Å²) in [5, 5.41) is 5.32. The summed E-state index contributed by atoms with van der Waals surface area (Å²) in [4.78, 5) is -0.269. The number of hydrogen-bond acceptors (Lipinski definition) is 0. The maximum atomic E-state index is 5.44. The molecule has 0 N–H and O–H groups in total. The van der Waals surface area contributed by atoms with Crippen LogP contribution in [0, 0.1) is 0 Å². The van der Waals surface area contributed by atoms with E-state index in [1.165, 1.54) is 44.5 Å². The Labute approximate surface area is 175 Å². The van der Waals surface area contributed by atoms with Gasteiger partial charge in [-0.3, -0.25) is 0 Å². The minimum absolute atomic E-state index is 0. The van der Waals surface area contributed by atoms with Crippen LogP contribution in [0.25, 0.3) is 21.5 Å². The summed E-state index contributed by atoms with van der Waals surface area (Å²) in [5.74, 6) is 0. The fourth-order valence-corrected chi connectivity index (χ4v) is 2.14. The minimum Gasteiger partial charge on any atom is -1.00 e. The number of rotatable bonds is 0. The summed E-state index contributed by atoms with van der Waals surface area (Å²) in [6.45, 7) is 2.10. The van der Waals surface area contributed by atoms with E-state index in [0.29, 0.717) is 0 Å². The van der Waals surface area contributed by atoms with E-state index in [9.17, 15) is 0 Å². The maximum absolute atomic E-state index is 5.44. The average Bonchev–Trinajstić information content (AvgIpc) is 3.16. The van der Waals surface area contributed by atoms with Crippen LogP contribution in [0.1, 0.15) is 0 Å². The summed E-state index contributed by atoms with van der Waals surface area (Å²) in [6, 6.07) is 29.3. The first-order valence-electron chi connectivity index (χ1n) is 7.08. The largest absolute Gasteiger partial charge is 1.00 e. The molecule has 0 aromatic heterocycles. The molecule has 0 aliphatic carbocycles. The summed E-state index contributed by atoms with van der Waals surface area (Å²) < 4.78 is 0. The molecule has 0 nitrogen and oxygen atoms in total. The number of halogens is 3. The first-order chi connectivity index (χ1) is 10.7. The second-order valence-corrected chi connectivity index (χ2v) is 19.1. The van der Waals surface area contributed by atoms with E-state index in [1.54, 1.807) is 0 Å². The van der Waals surface area contributed by atoms with Crippen LogP contribution in [0.3, 0.4) is 0 Å². The van der Waals surface area contributed by atoms with E-state index in [4.69, 9.17) is 11.1 Å². The van der Waals surface area contributed by atoms with Gasteiger partial charge in [0.15, 0.2) is 0 Å².